The molecule has 0 saturated heterocycles. The second-order valence-corrected chi connectivity index (χ2v) is 2.72. The molecule has 1 rings (SSSR count). The zero-order chi connectivity index (χ0) is 11.3. The van der Waals surface area contributed by atoms with Gasteiger partial charge in [-0.1, -0.05) is 0 Å². The van der Waals surface area contributed by atoms with Gasteiger partial charge in [0.2, 0.25) is 5.96 Å². The first-order chi connectivity index (χ1) is 7.17. The minimum absolute atomic E-state index is 0.295. The fourth-order valence-electron chi connectivity index (χ4n) is 0.990. The first-order valence-corrected chi connectivity index (χ1v) is 4.40. The van der Waals surface area contributed by atoms with Gasteiger partial charge in [0.15, 0.2) is 11.6 Å². The molecule has 4 N–H and O–H groups in total. The lowest BCUT2D eigenvalue weighted by molar-refractivity contribution is 0.509. The number of nitrogens with zero attached hydrogens (tertiary/aromatic N) is 1. The molecule has 6 heteroatoms. The van der Waals surface area contributed by atoms with E-state index in [0.29, 0.717) is 18.2 Å². The average Bonchev–Trinajstić information content (AvgIpc) is 2.23. The number of aliphatic imine (C=N–C) groups is 1. The van der Waals surface area contributed by atoms with Crippen LogP contribution >= 0.6 is 0 Å². The van der Waals surface area contributed by atoms with Gasteiger partial charge in [-0.25, -0.2) is 14.6 Å². The second-order valence-electron chi connectivity index (χ2n) is 2.72. The van der Waals surface area contributed by atoms with Crippen LogP contribution in [0.1, 0.15) is 6.92 Å². The molecule has 1 aromatic rings. The van der Waals surface area contributed by atoms with Crippen LogP contribution in [0, 0.1) is 11.6 Å². The highest BCUT2D eigenvalue weighted by Gasteiger charge is 2.03. The SMILES string of the molecule is CCN=C(NN)Nc1ccc(F)c(F)c1. The van der Waals surface area contributed by atoms with E-state index >= 15 is 0 Å². The molecule has 0 spiro atoms. The van der Waals surface area contributed by atoms with Crippen molar-refractivity contribution in [1.82, 2.24) is 5.43 Å². The van der Waals surface area contributed by atoms with Gasteiger partial charge in [-0.3, -0.25) is 10.4 Å². The number of guanidine groups is 1. The number of nitrogens with one attached hydrogen (secondary N) is 2. The molecule has 0 radical (unpaired) electrons. The van der Waals surface area contributed by atoms with E-state index < -0.39 is 11.6 Å². The molecule has 0 amide bonds. The van der Waals surface area contributed by atoms with Gasteiger partial charge in [-0.2, -0.15) is 0 Å². The highest BCUT2D eigenvalue weighted by Crippen LogP contribution is 2.12. The summed E-state index contributed by atoms with van der Waals surface area (Å²) in [6.07, 6.45) is 0. The van der Waals surface area contributed by atoms with Crippen molar-refractivity contribution in [2.75, 3.05) is 11.9 Å². The van der Waals surface area contributed by atoms with Crippen LogP contribution in [0.4, 0.5) is 14.5 Å². The van der Waals surface area contributed by atoms with Crippen molar-refractivity contribution in [1.29, 1.82) is 0 Å². The lowest BCUT2D eigenvalue weighted by Gasteiger charge is -2.08. The largest absolute Gasteiger partial charge is 0.325 e. The maximum atomic E-state index is 12.8. The summed E-state index contributed by atoms with van der Waals surface area (Å²) in [4.78, 5) is 3.94. The Hall–Kier alpha value is -1.69. The van der Waals surface area contributed by atoms with Crippen LogP contribution in [0.25, 0.3) is 0 Å². The Balaban J connectivity index is 2.80. The first kappa shape index (κ1) is 11.4. The zero-order valence-corrected chi connectivity index (χ0v) is 8.22. The van der Waals surface area contributed by atoms with Crippen molar-refractivity contribution >= 4 is 11.6 Å². The quantitative estimate of drug-likeness (QED) is 0.300. The number of hydrogen-bond acceptors (Lipinski definition) is 2. The Morgan fingerprint density at radius 2 is 2.13 bits per heavy atom. The number of rotatable bonds is 2. The molecule has 0 fully saturated rings. The van der Waals surface area contributed by atoms with E-state index in [0.717, 1.165) is 12.1 Å². The number of hydrogen-bond donors (Lipinski definition) is 3. The van der Waals surface area contributed by atoms with Crippen LogP contribution in [0.5, 0.6) is 0 Å². The second kappa shape index (κ2) is 5.26. The van der Waals surface area contributed by atoms with E-state index in [9.17, 15) is 8.78 Å². The fraction of sp³-hybridized carbons (Fsp3) is 0.222. The van der Waals surface area contributed by atoms with Crippen molar-refractivity contribution in [2.24, 2.45) is 10.8 Å². The summed E-state index contributed by atoms with van der Waals surface area (Å²) in [5, 5.41) is 2.70. The van der Waals surface area contributed by atoms with E-state index in [4.69, 9.17) is 5.84 Å². The number of halogens is 2. The number of hydrazine groups is 1. The van der Waals surface area contributed by atoms with Gasteiger partial charge >= 0.3 is 0 Å². The maximum Gasteiger partial charge on any atom is 0.210 e. The standard InChI is InChI=1S/C9H12F2N4/c1-2-13-9(15-12)14-6-3-4-7(10)8(11)5-6/h3-5H,2,12H2,1H3,(H2,13,14,15). The lowest BCUT2D eigenvalue weighted by Crippen LogP contribution is -2.36. The Bertz CT molecular complexity index is 365. The van der Waals surface area contributed by atoms with Crippen molar-refractivity contribution in [2.45, 2.75) is 6.92 Å². The van der Waals surface area contributed by atoms with Gasteiger partial charge in [0.05, 0.1) is 0 Å². The minimum Gasteiger partial charge on any atom is -0.325 e. The molecule has 0 aromatic heterocycles. The topological polar surface area (TPSA) is 62.4 Å². The third-order valence-corrected chi connectivity index (χ3v) is 1.64. The van der Waals surface area contributed by atoms with Gasteiger partial charge in [0, 0.05) is 18.3 Å². The molecule has 0 saturated carbocycles. The molecule has 15 heavy (non-hydrogen) atoms. The summed E-state index contributed by atoms with van der Waals surface area (Å²) >= 11 is 0. The highest BCUT2D eigenvalue weighted by molar-refractivity contribution is 5.93. The highest BCUT2D eigenvalue weighted by atomic mass is 19.2. The molecular formula is C9H12F2N4. The fourth-order valence-corrected chi connectivity index (χ4v) is 0.990. The lowest BCUT2D eigenvalue weighted by atomic mass is 10.3. The smallest absolute Gasteiger partial charge is 0.210 e. The third-order valence-electron chi connectivity index (χ3n) is 1.64. The Labute approximate surface area is 86.2 Å². The summed E-state index contributed by atoms with van der Waals surface area (Å²) in [7, 11) is 0. The number of benzene rings is 1. The molecule has 82 valence electrons. The van der Waals surface area contributed by atoms with E-state index in [1.807, 2.05) is 6.92 Å². The molecule has 0 bridgehead atoms. The van der Waals surface area contributed by atoms with Gasteiger partial charge in [-0.05, 0) is 19.1 Å². The molecule has 0 heterocycles. The van der Waals surface area contributed by atoms with Crippen molar-refractivity contribution in [3.8, 4) is 0 Å². The van der Waals surface area contributed by atoms with Crippen LogP contribution < -0.4 is 16.6 Å². The van der Waals surface area contributed by atoms with Gasteiger partial charge in [0.25, 0.3) is 0 Å². The van der Waals surface area contributed by atoms with Crippen molar-refractivity contribution in [3.63, 3.8) is 0 Å². The van der Waals surface area contributed by atoms with Gasteiger partial charge in [-0.15, -0.1) is 0 Å². The van der Waals surface area contributed by atoms with E-state index in [-0.39, 0.29) is 0 Å². The maximum absolute atomic E-state index is 12.8. The van der Waals surface area contributed by atoms with E-state index in [1.54, 1.807) is 0 Å². The van der Waals surface area contributed by atoms with Crippen LogP contribution in [0.3, 0.4) is 0 Å². The van der Waals surface area contributed by atoms with Gasteiger partial charge in [0.1, 0.15) is 0 Å². The Morgan fingerprint density at radius 3 is 2.67 bits per heavy atom. The Morgan fingerprint density at radius 1 is 1.40 bits per heavy atom. The predicted molar refractivity (Wildman–Crippen MR) is 55.3 cm³/mol. The summed E-state index contributed by atoms with van der Waals surface area (Å²) in [6.45, 7) is 2.35. The van der Waals surface area contributed by atoms with Crippen LogP contribution in [0.2, 0.25) is 0 Å². The molecule has 0 aliphatic carbocycles. The van der Waals surface area contributed by atoms with Crippen molar-refractivity contribution in [3.05, 3.63) is 29.8 Å². The van der Waals surface area contributed by atoms with E-state index in [1.165, 1.54) is 6.07 Å². The van der Waals surface area contributed by atoms with Crippen LogP contribution in [0.15, 0.2) is 23.2 Å². The number of nitrogens with two attached hydrogens (primary N) is 1. The molecule has 0 aliphatic rings. The molecule has 4 nitrogen and oxygen atoms in total. The van der Waals surface area contributed by atoms with Gasteiger partial charge < -0.3 is 5.32 Å². The molecule has 0 atom stereocenters. The molecular weight excluding hydrogens is 202 g/mol. The molecule has 0 unspecified atom stereocenters. The molecule has 0 aliphatic heterocycles. The summed E-state index contributed by atoms with van der Waals surface area (Å²) in [5.41, 5.74) is 2.68. The zero-order valence-electron chi connectivity index (χ0n) is 8.22. The summed E-state index contributed by atoms with van der Waals surface area (Å²) in [5.74, 6) is 3.64. The predicted octanol–water partition coefficient (Wildman–Crippen LogP) is 1.22. The van der Waals surface area contributed by atoms with Crippen molar-refractivity contribution < 1.29 is 8.78 Å². The third kappa shape index (κ3) is 3.17. The Kier molecular flexibility index (Phi) is 3.99. The summed E-state index contributed by atoms with van der Waals surface area (Å²) in [6, 6.07) is 3.44. The van der Waals surface area contributed by atoms with E-state index in [2.05, 4.69) is 15.7 Å². The minimum atomic E-state index is -0.923. The average molecular weight is 214 g/mol. The summed E-state index contributed by atoms with van der Waals surface area (Å²) < 4.78 is 25.4. The van der Waals surface area contributed by atoms with Crippen LogP contribution in [-0.4, -0.2) is 12.5 Å². The number of anilines is 1. The molecule has 1 aromatic carbocycles. The monoisotopic (exact) mass is 214 g/mol. The van der Waals surface area contributed by atoms with Crippen LogP contribution in [-0.2, 0) is 0 Å². The first-order valence-electron chi connectivity index (χ1n) is 4.40. The normalized spacial score (nSPS) is 11.3.